The van der Waals surface area contributed by atoms with Crippen molar-refractivity contribution >= 4 is 17.4 Å². The van der Waals surface area contributed by atoms with Crippen LogP contribution in [0.1, 0.15) is 43.8 Å². The van der Waals surface area contributed by atoms with E-state index < -0.39 is 0 Å². The zero-order valence-corrected chi connectivity index (χ0v) is 10.7. The molecule has 1 N–H and O–H groups in total. The van der Waals surface area contributed by atoms with Gasteiger partial charge in [0, 0.05) is 18.5 Å². The standard InChI is InChI=1S/C13H18ClN3/c1-2-8-15-12-9-11(14)16-13(17-12)10-6-4-3-5-7-10/h2,9-10H,1,3-8H2,(H,15,16,17). The Morgan fingerprint density at radius 2 is 2.12 bits per heavy atom. The summed E-state index contributed by atoms with van der Waals surface area (Å²) in [5.74, 6) is 2.17. The zero-order chi connectivity index (χ0) is 12.1. The molecule has 2 rings (SSSR count). The Kier molecular flexibility index (Phi) is 4.37. The SMILES string of the molecule is C=CCNc1cc(Cl)nc(C2CCCCC2)n1. The van der Waals surface area contributed by atoms with Crippen LogP contribution in [0, 0.1) is 0 Å². The van der Waals surface area contributed by atoms with Crippen LogP contribution in [-0.4, -0.2) is 16.5 Å². The molecule has 0 bridgehead atoms. The molecule has 1 saturated carbocycles. The van der Waals surface area contributed by atoms with E-state index in [2.05, 4.69) is 21.9 Å². The summed E-state index contributed by atoms with van der Waals surface area (Å²) < 4.78 is 0. The molecule has 0 aromatic carbocycles. The first-order valence-electron chi connectivity index (χ1n) is 6.19. The molecule has 1 heterocycles. The third-order valence-corrected chi connectivity index (χ3v) is 3.30. The van der Waals surface area contributed by atoms with Gasteiger partial charge in [0.15, 0.2) is 0 Å². The van der Waals surface area contributed by atoms with Crippen molar-refractivity contribution in [2.45, 2.75) is 38.0 Å². The van der Waals surface area contributed by atoms with E-state index in [1.54, 1.807) is 12.1 Å². The Hall–Kier alpha value is -1.09. The Morgan fingerprint density at radius 3 is 2.82 bits per heavy atom. The Balaban J connectivity index is 2.14. The molecule has 92 valence electrons. The number of hydrogen-bond acceptors (Lipinski definition) is 3. The van der Waals surface area contributed by atoms with Gasteiger partial charge in [-0.1, -0.05) is 36.9 Å². The molecule has 0 amide bonds. The number of nitrogens with one attached hydrogen (secondary N) is 1. The highest BCUT2D eigenvalue weighted by Crippen LogP contribution is 2.31. The van der Waals surface area contributed by atoms with Crippen LogP contribution in [0.5, 0.6) is 0 Å². The van der Waals surface area contributed by atoms with Crippen molar-refractivity contribution in [3.8, 4) is 0 Å². The number of halogens is 1. The van der Waals surface area contributed by atoms with Crippen LogP contribution in [0.4, 0.5) is 5.82 Å². The van der Waals surface area contributed by atoms with Gasteiger partial charge in [-0.3, -0.25) is 0 Å². The van der Waals surface area contributed by atoms with Crippen LogP contribution in [0.15, 0.2) is 18.7 Å². The second-order valence-corrected chi connectivity index (χ2v) is 4.83. The van der Waals surface area contributed by atoms with Crippen LogP contribution in [0.25, 0.3) is 0 Å². The number of aromatic nitrogens is 2. The summed E-state index contributed by atoms with van der Waals surface area (Å²) >= 11 is 6.03. The lowest BCUT2D eigenvalue weighted by molar-refractivity contribution is 0.429. The lowest BCUT2D eigenvalue weighted by atomic mass is 9.89. The number of nitrogens with zero attached hydrogens (tertiary/aromatic N) is 2. The summed E-state index contributed by atoms with van der Waals surface area (Å²) in [6.07, 6.45) is 8.04. The van der Waals surface area contributed by atoms with Gasteiger partial charge in [-0.2, -0.15) is 0 Å². The Morgan fingerprint density at radius 1 is 1.35 bits per heavy atom. The predicted molar refractivity (Wildman–Crippen MR) is 71.6 cm³/mol. The summed E-state index contributed by atoms with van der Waals surface area (Å²) in [5, 5.41) is 3.68. The van der Waals surface area contributed by atoms with Crippen molar-refractivity contribution in [1.29, 1.82) is 0 Å². The summed E-state index contributed by atoms with van der Waals surface area (Å²) in [4.78, 5) is 8.89. The molecular formula is C13H18ClN3. The van der Waals surface area contributed by atoms with Gasteiger partial charge in [0.2, 0.25) is 0 Å². The van der Waals surface area contributed by atoms with Crippen molar-refractivity contribution in [1.82, 2.24) is 9.97 Å². The highest BCUT2D eigenvalue weighted by Gasteiger charge is 2.19. The third kappa shape index (κ3) is 3.43. The molecule has 1 aliphatic rings. The molecule has 1 aromatic rings. The van der Waals surface area contributed by atoms with Crippen LogP contribution in [-0.2, 0) is 0 Å². The van der Waals surface area contributed by atoms with Gasteiger partial charge < -0.3 is 5.32 Å². The van der Waals surface area contributed by atoms with Gasteiger partial charge in [0.1, 0.15) is 16.8 Å². The molecule has 17 heavy (non-hydrogen) atoms. The lowest BCUT2D eigenvalue weighted by Crippen LogP contribution is -2.11. The summed E-state index contributed by atoms with van der Waals surface area (Å²) in [6.45, 7) is 4.36. The minimum Gasteiger partial charge on any atom is -0.366 e. The molecule has 3 nitrogen and oxygen atoms in total. The van der Waals surface area contributed by atoms with Crippen molar-refractivity contribution in [2.75, 3.05) is 11.9 Å². The molecular weight excluding hydrogens is 234 g/mol. The van der Waals surface area contributed by atoms with Crippen molar-refractivity contribution in [3.05, 3.63) is 29.7 Å². The van der Waals surface area contributed by atoms with Crippen LogP contribution >= 0.6 is 11.6 Å². The van der Waals surface area contributed by atoms with E-state index in [-0.39, 0.29) is 0 Å². The number of hydrogen-bond donors (Lipinski definition) is 1. The lowest BCUT2D eigenvalue weighted by Gasteiger charge is -2.20. The highest BCUT2D eigenvalue weighted by molar-refractivity contribution is 6.29. The molecule has 0 aliphatic heterocycles. The smallest absolute Gasteiger partial charge is 0.135 e. The normalized spacial score (nSPS) is 16.8. The quantitative estimate of drug-likeness (QED) is 0.654. The predicted octanol–water partition coefficient (Wildman–Crippen LogP) is 3.78. The average Bonchev–Trinajstić information content (AvgIpc) is 2.37. The monoisotopic (exact) mass is 251 g/mol. The summed E-state index contributed by atoms with van der Waals surface area (Å²) in [6, 6.07) is 1.76. The van der Waals surface area contributed by atoms with Crippen LogP contribution < -0.4 is 5.32 Å². The largest absolute Gasteiger partial charge is 0.366 e. The topological polar surface area (TPSA) is 37.8 Å². The molecule has 1 aliphatic carbocycles. The summed E-state index contributed by atoms with van der Waals surface area (Å²) in [7, 11) is 0. The molecule has 0 saturated heterocycles. The van der Waals surface area contributed by atoms with E-state index in [9.17, 15) is 0 Å². The van der Waals surface area contributed by atoms with Crippen LogP contribution in [0.2, 0.25) is 5.15 Å². The fourth-order valence-electron chi connectivity index (χ4n) is 2.25. The fraction of sp³-hybridized carbons (Fsp3) is 0.538. The van der Waals surface area contributed by atoms with Gasteiger partial charge in [-0.15, -0.1) is 6.58 Å². The fourth-order valence-corrected chi connectivity index (χ4v) is 2.44. The first kappa shape index (κ1) is 12.4. The minimum atomic E-state index is 0.478. The van der Waals surface area contributed by atoms with E-state index in [0.29, 0.717) is 17.6 Å². The van der Waals surface area contributed by atoms with Crippen molar-refractivity contribution in [2.24, 2.45) is 0 Å². The van der Waals surface area contributed by atoms with Crippen LogP contribution in [0.3, 0.4) is 0 Å². The molecule has 0 radical (unpaired) electrons. The Labute approximate surface area is 107 Å². The van der Waals surface area contributed by atoms with E-state index in [1.807, 2.05) is 0 Å². The van der Waals surface area contributed by atoms with E-state index >= 15 is 0 Å². The first-order chi connectivity index (χ1) is 8.29. The molecule has 0 atom stereocenters. The maximum absolute atomic E-state index is 6.03. The summed E-state index contributed by atoms with van der Waals surface area (Å²) in [5.41, 5.74) is 0. The minimum absolute atomic E-state index is 0.478. The third-order valence-electron chi connectivity index (χ3n) is 3.11. The highest BCUT2D eigenvalue weighted by atomic mass is 35.5. The van der Waals surface area contributed by atoms with E-state index in [4.69, 9.17) is 11.6 Å². The van der Waals surface area contributed by atoms with E-state index in [0.717, 1.165) is 11.6 Å². The van der Waals surface area contributed by atoms with Gasteiger partial charge in [0.25, 0.3) is 0 Å². The Bertz CT molecular complexity index is 386. The van der Waals surface area contributed by atoms with E-state index in [1.165, 1.54) is 32.1 Å². The van der Waals surface area contributed by atoms with Gasteiger partial charge in [-0.25, -0.2) is 9.97 Å². The molecule has 0 unspecified atom stereocenters. The number of anilines is 1. The average molecular weight is 252 g/mol. The maximum atomic E-state index is 6.03. The molecule has 1 aromatic heterocycles. The van der Waals surface area contributed by atoms with Gasteiger partial charge >= 0.3 is 0 Å². The number of rotatable bonds is 4. The van der Waals surface area contributed by atoms with Crippen molar-refractivity contribution in [3.63, 3.8) is 0 Å². The maximum Gasteiger partial charge on any atom is 0.135 e. The van der Waals surface area contributed by atoms with Gasteiger partial charge in [-0.05, 0) is 12.8 Å². The first-order valence-corrected chi connectivity index (χ1v) is 6.56. The van der Waals surface area contributed by atoms with Crippen molar-refractivity contribution < 1.29 is 0 Å². The second kappa shape index (κ2) is 6.01. The zero-order valence-electron chi connectivity index (χ0n) is 9.95. The molecule has 4 heteroatoms. The molecule has 1 fully saturated rings. The molecule has 0 spiro atoms. The van der Waals surface area contributed by atoms with Gasteiger partial charge in [0.05, 0.1) is 0 Å². The second-order valence-electron chi connectivity index (χ2n) is 4.44.